The Morgan fingerprint density at radius 1 is 1.17 bits per heavy atom. The molecule has 128 valence electrons. The van der Waals surface area contributed by atoms with Crippen molar-refractivity contribution in [1.29, 1.82) is 0 Å². The van der Waals surface area contributed by atoms with Crippen molar-refractivity contribution in [2.75, 3.05) is 22.9 Å². The van der Waals surface area contributed by atoms with Crippen LogP contribution in [0, 0.1) is 13.8 Å². The number of carbonyl (C=O) groups is 1. The number of hydrogen-bond acceptors (Lipinski definition) is 3. The summed E-state index contributed by atoms with van der Waals surface area (Å²) in [6, 6.07) is 10.2. The van der Waals surface area contributed by atoms with Gasteiger partial charge in [0.05, 0.1) is 11.9 Å². The largest absolute Gasteiger partial charge is 0.322 e. The number of nitrogens with zero attached hydrogens (tertiary/aromatic N) is 1. The quantitative estimate of drug-likeness (QED) is 0.898. The molecule has 0 heterocycles. The summed E-state index contributed by atoms with van der Waals surface area (Å²) in [7, 11) is -1.87. The Labute approximate surface area is 147 Å². The van der Waals surface area contributed by atoms with Gasteiger partial charge in [-0.1, -0.05) is 17.7 Å². The van der Waals surface area contributed by atoms with E-state index in [-0.39, 0.29) is 5.91 Å². The predicted octanol–water partition coefficient (Wildman–Crippen LogP) is 3.60. The van der Waals surface area contributed by atoms with Gasteiger partial charge in [-0.15, -0.1) is 0 Å². The molecule has 0 spiro atoms. The fourth-order valence-corrected chi connectivity index (χ4v) is 3.00. The van der Waals surface area contributed by atoms with Gasteiger partial charge in [0.25, 0.3) is 5.91 Å². The lowest BCUT2D eigenvalue weighted by atomic mass is 10.1. The van der Waals surface area contributed by atoms with Gasteiger partial charge in [-0.3, -0.25) is 9.10 Å². The molecule has 2 aromatic carbocycles. The summed E-state index contributed by atoms with van der Waals surface area (Å²) in [5.74, 6) is -0.281. The van der Waals surface area contributed by atoms with E-state index in [9.17, 15) is 13.2 Å². The summed E-state index contributed by atoms with van der Waals surface area (Å²) in [6.07, 6.45) is 1.13. The lowest BCUT2D eigenvalue weighted by Crippen LogP contribution is -2.25. The lowest BCUT2D eigenvalue weighted by molar-refractivity contribution is 0.102. The Hall–Kier alpha value is -2.05. The normalized spacial score (nSPS) is 11.2. The number of amides is 1. The van der Waals surface area contributed by atoms with Crippen LogP contribution >= 0.6 is 11.6 Å². The molecule has 0 unspecified atom stereocenters. The second kappa shape index (κ2) is 6.83. The maximum atomic E-state index is 12.4. The van der Waals surface area contributed by atoms with Crippen LogP contribution in [-0.2, 0) is 10.0 Å². The van der Waals surface area contributed by atoms with Crippen LogP contribution in [0.15, 0.2) is 36.4 Å². The second-order valence-corrected chi connectivity index (χ2v) is 8.02. The zero-order valence-corrected chi connectivity index (χ0v) is 15.5. The number of rotatable bonds is 4. The van der Waals surface area contributed by atoms with Crippen LogP contribution < -0.4 is 9.62 Å². The molecule has 0 aliphatic carbocycles. The number of nitrogens with one attached hydrogen (secondary N) is 1. The number of hydrogen-bond donors (Lipinski definition) is 1. The molecule has 24 heavy (non-hydrogen) atoms. The molecule has 0 radical (unpaired) electrons. The molecular weight excluding hydrogens is 348 g/mol. The number of sulfonamides is 1. The predicted molar refractivity (Wildman–Crippen MR) is 98.6 cm³/mol. The van der Waals surface area contributed by atoms with Crippen molar-refractivity contribution < 1.29 is 13.2 Å². The molecule has 2 aromatic rings. The van der Waals surface area contributed by atoms with E-state index in [4.69, 9.17) is 11.6 Å². The fraction of sp³-hybridized carbons (Fsp3) is 0.235. The van der Waals surface area contributed by atoms with Crippen molar-refractivity contribution in [3.63, 3.8) is 0 Å². The van der Waals surface area contributed by atoms with E-state index in [0.29, 0.717) is 27.5 Å². The maximum absolute atomic E-state index is 12.4. The first-order chi connectivity index (χ1) is 11.1. The van der Waals surface area contributed by atoms with Gasteiger partial charge >= 0.3 is 0 Å². The average molecular weight is 367 g/mol. The molecule has 0 atom stereocenters. The molecule has 0 aliphatic heterocycles. The van der Waals surface area contributed by atoms with Crippen LogP contribution in [0.4, 0.5) is 11.4 Å². The highest BCUT2D eigenvalue weighted by Gasteiger charge is 2.16. The van der Waals surface area contributed by atoms with E-state index < -0.39 is 10.0 Å². The Kier molecular flexibility index (Phi) is 5.20. The van der Waals surface area contributed by atoms with Crippen LogP contribution in [-0.4, -0.2) is 27.6 Å². The zero-order valence-electron chi connectivity index (χ0n) is 13.9. The molecule has 1 N–H and O–H groups in total. The number of aryl methyl sites for hydroxylation is 1. The van der Waals surface area contributed by atoms with Crippen LogP contribution in [0.1, 0.15) is 21.5 Å². The highest BCUT2D eigenvalue weighted by atomic mass is 35.5. The summed E-state index contributed by atoms with van der Waals surface area (Å²) in [6.45, 7) is 3.59. The SMILES string of the molecule is Cc1cc(C(=O)Nc2cccc(Cl)c2C)ccc1N(C)S(C)(=O)=O. The maximum Gasteiger partial charge on any atom is 0.255 e. The molecule has 0 aliphatic rings. The Morgan fingerprint density at radius 3 is 2.42 bits per heavy atom. The van der Waals surface area contributed by atoms with Crippen molar-refractivity contribution in [3.05, 3.63) is 58.1 Å². The number of anilines is 2. The third-order valence-corrected chi connectivity index (χ3v) is 5.41. The standard InChI is InChI=1S/C17H19ClN2O3S/c1-11-10-13(8-9-16(11)20(3)24(4,22)23)17(21)19-15-7-5-6-14(18)12(15)2/h5-10H,1-4H3,(H,19,21). The Bertz CT molecular complexity index is 895. The third-order valence-electron chi connectivity index (χ3n) is 3.81. The summed E-state index contributed by atoms with van der Waals surface area (Å²) in [5.41, 5.74) is 3.10. The van der Waals surface area contributed by atoms with E-state index in [1.807, 2.05) is 6.92 Å². The summed E-state index contributed by atoms with van der Waals surface area (Å²) in [4.78, 5) is 12.4. The smallest absolute Gasteiger partial charge is 0.255 e. The second-order valence-electron chi connectivity index (χ2n) is 5.60. The molecule has 0 bridgehead atoms. The van der Waals surface area contributed by atoms with E-state index in [2.05, 4.69) is 5.32 Å². The van der Waals surface area contributed by atoms with Crippen LogP contribution in [0.2, 0.25) is 5.02 Å². The minimum Gasteiger partial charge on any atom is -0.322 e. The van der Waals surface area contributed by atoms with Crippen LogP contribution in [0.5, 0.6) is 0 Å². The monoisotopic (exact) mass is 366 g/mol. The first kappa shape index (κ1) is 18.3. The highest BCUT2D eigenvalue weighted by Crippen LogP contribution is 2.25. The van der Waals surface area contributed by atoms with Gasteiger partial charge in [0, 0.05) is 23.3 Å². The molecule has 0 saturated heterocycles. The average Bonchev–Trinajstić information content (AvgIpc) is 2.50. The van der Waals surface area contributed by atoms with Crippen molar-refractivity contribution in [1.82, 2.24) is 0 Å². The van der Waals surface area contributed by atoms with Gasteiger partial charge in [-0.25, -0.2) is 8.42 Å². The number of carbonyl (C=O) groups excluding carboxylic acids is 1. The Morgan fingerprint density at radius 2 is 1.83 bits per heavy atom. The molecule has 0 fully saturated rings. The molecule has 7 heteroatoms. The van der Waals surface area contributed by atoms with Gasteiger partial charge < -0.3 is 5.32 Å². The molecule has 0 saturated carbocycles. The third kappa shape index (κ3) is 3.88. The summed E-state index contributed by atoms with van der Waals surface area (Å²) < 4.78 is 24.5. The summed E-state index contributed by atoms with van der Waals surface area (Å²) >= 11 is 6.05. The fourth-order valence-electron chi connectivity index (χ4n) is 2.27. The number of halogens is 1. The van der Waals surface area contributed by atoms with Crippen molar-refractivity contribution in [2.45, 2.75) is 13.8 Å². The van der Waals surface area contributed by atoms with E-state index >= 15 is 0 Å². The van der Waals surface area contributed by atoms with Gasteiger partial charge in [-0.05, 0) is 55.3 Å². The zero-order chi connectivity index (χ0) is 18.1. The van der Waals surface area contributed by atoms with Crippen molar-refractivity contribution in [3.8, 4) is 0 Å². The van der Waals surface area contributed by atoms with Gasteiger partial charge in [-0.2, -0.15) is 0 Å². The van der Waals surface area contributed by atoms with E-state index in [1.54, 1.807) is 43.3 Å². The van der Waals surface area contributed by atoms with E-state index in [0.717, 1.165) is 11.8 Å². The van der Waals surface area contributed by atoms with Gasteiger partial charge in [0.1, 0.15) is 0 Å². The molecule has 0 aromatic heterocycles. The molecule has 1 amide bonds. The first-order valence-electron chi connectivity index (χ1n) is 7.22. The van der Waals surface area contributed by atoms with Crippen LogP contribution in [0.25, 0.3) is 0 Å². The molecule has 5 nitrogen and oxygen atoms in total. The topological polar surface area (TPSA) is 66.5 Å². The van der Waals surface area contributed by atoms with Crippen molar-refractivity contribution >= 4 is 38.9 Å². The minimum absolute atomic E-state index is 0.281. The van der Waals surface area contributed by atoms with Crippen LogP contribution in [0.3, 0.4) is 0 Å². The highest BCUT2D eigenvalue weighted by molar-refractivity contribution is 7.92. The lowest BCUT2D eigenvalue weighted by Gasteiger charge is -2.19. The number of benzene rings is 2. The molecule has 2 rings (SSSR count). The van der Waals surface area contributed by atoms with E-state index in [1.165, 1.54) is 11.4 Å². The molecular formula is C17H19ClN2O3S. The minimum atomic E-state index is -3.35. The first-order valence-corrected chi connectivity index (χ1v) is 9.45. The summed E-state index contributed by atoms with van der Waals surface area (Å²) in [5, 5.41) is 3.40. The Balaban J connectivity index is 2.29. The van der Waals surface area contributed by atoms with Crippen molar-refractivity contribution in [2.24, 2.45) is 0 Å². The van der Waals surface area contributed by atoms with Gasteiger partial charge in [0.2, 0.25) is 10.0 Å². The van der Waals surface area contributed by atoms with Gasteiger partial charge in [0.15, 0.2) is 0 Å².